The standard InChI is InChI=1S/C21H28FN3O/c1-4-23-20(24-13-16-8-5-6-9-17(16)14-26)25-15-21(2,3)18-10-7-11-19(22)12-18/h5-12,26H,4,13-15H2,1-3H3,(H2,23,24,25). The molecule has 3 N–H and O–H groups in total. The van der Waals surface area contributed by atoms with Crippen molar-refractivity contribution in [1.82, 2.24) is 10.6 Å². The van der Waals surface area contributed by atoms with E-state index < -0.39 is 0 Å². The van der Waals surface area contributed by atoms with Crippen LogP contribution in [0.1, 0.15) is 37.5 Å². The van der Waals surface area contributed by atoms with Gasteiger partial charge in [-0.3, -0.25) is 0 Å². The number of benzene rings is 2. The molecule has 2 aromatic rings. The quantitative estimate of drug-likeness (QED) is 0.526. The minimum atomic E-state index is -0.249. The largest absolute Gasteiger partial charge is 0.392 e. The maximum atomic E-state index is 13.5. The van der Waals surface area contributed by atoms with E-state index in [-0.39, 0.29) is 17.8 Å². The summed E-state index contributed by atoms with van der Waals surface area (Å²) in [6, 6.07) is 14.4. The van der Waals surface area contributed by atoms with Crippen molar-refractivity contribution in [2.45, 2.75) is 39.3 Å². The molecule has 2 rings (SSSR count). The monoisotopic (exact) mass is 357 g/mol. The van der Waals surface area contributed by atoms with Crippen LogP contribution >= 0.6 is 0 Å². The van der Waals surface area contributed by atoms with E-state index in [1.54, 1.807) is 12.1 Å². The summed E-state index contributed by atoms with van der Waals surface area (Å²) >= 11 is 0. The van der Waals surface area contributed by atoms with Crippen molar-refractivity contribution < 1.29 is 9.50 Å². The molecule has 140 valence electrons. The maximum absolute atomic E-state index is 13.5. The molecule has 0 aliphatic rings. The number of aliphatic imine (C=N–C) groups is 1. The third kappa shape index (κ3) is 5.56. The predicted molar refractivity (Wildman–Crippen MR) is 105 cm³/mol. The Morgan fingerprint density at radius 3 is 2.46 bits per heavy atom. The first kappa shape index (κ1) is 19.9. The second kappa shape index (κ2) is 9.34. The molecule has 0 bridgehead atoms. The highest BCUT2D eigenvalue weighted by molar-refractivity contribution is 5.79. The zero-order chi connectivity index (χ0) is 19.0. The summed E-state index contributed by atoms with van der Waals surface area (Å²) < 4.78 is 13.5. The Morgan fingerprint density at radius 1 is 1.08 bits per heavy atom. The summed E-state index contributed by atoms with van der Waals surface area (Å²) in [5.41, 5.74) is 2.57. The molecule has 26 heavy (non-hydrogen) atoms. The molecule has 0 saturated carbocycles. The van der Waals surface area contributed by atoms with E-state index in [0.717, 1.165) is 23.2 Å². The first-order valence-electron chi connectivity index (χ1n) is 8.92. The number of hydrogen-bond donors (Lipinski definition) is 3. The van der Waals surface area contributed by atoms with Crippen LogP contribution in [0.4, 0.5) is 4.39 Å². The maximum Gasteiger partial charge on any atom is 0.191 e. The number of halogens is 1. The fourth-order valence-electron chi connectivity index (χ4n) is 2.69. The van der Waals surface area contributed by atoms with Crippen molar-refractivity contribution in [3.63, 3.8) is 0 Å². The molecular formula is C21H28FN3O. The molecule has 0 unspecified atom stereocenters. The average molecular weight is 357 g/mol. The Balaban J connectivity index is 2.07. The molecule has 0 atom stereocenters. The van der Waals surface area contributed by atoms with Crippen molar-refractivity contribution in [3.05, 3.63) is 71.0 Å². The molecule has 0 radical (unpaired) electrons. The second-order valence-corrected chi connectivity index (χ2v) is 6.87. The van der Waals surface area contributed by atoms with Crippen LogP contribution in [0.2, 0.25) is 0 Å². The SMILES string of the molecule is CCNC(=NCc1ccccc1CO)NCC(C)(C)c1cccc(F)c1. The molecule has 0 fully saturated rings. The van der Waals surface area contributed by atoms with Gasteiger partial charge in [-0.25, -0.2) is 9.38 Å². The summed E-state index contributed by atoms with van der Waals surface area (Å²) in [6.45, 7) is 7.99. The van der Waals surface area contributed by atoms with Crippen molar-refractivity contribution >= 4 is 5.96 Å². The number of aliphatic hydroxyl groups excluding tert-OH is 1. The van der Waals surface area contributed by atoms with E-state index in [2.05, 4.69) is 29.5 Å². The van der Waals surface area contributed by atoms with Gasteiger partial charge in [0.1, 0.15) is 5.82 Å². The Bertz CT molecular complexity index is 744. The van der Waals surface area contributed by atoms with Crippen molar-refractivity contribution in [2.75, 3.05) is 13.1 Å². The number of guanidine groups is 1. The van der Waals surface area contributed by atoms with Crippen LogP contribution < -0.4 is 10.6 Å². The van der Waals surface area contributed by atoms with E-state index in [1.165, 1.54) is 6.07 Å². The molecule has 5 heteroatoms. The van der Waals surface area contributed by atoms with Crippen LogP contribution in [0.5, 0.6) is 0 Å². The highest BCUT2D eigenvalue weighted by atomic mass is 19.1. The molecule has 0 aromatic heterocycles. The van der Waals surface area contributed by atoms with Crippen LogP contribution in [0.15, 0.2) is 53.5 Å². The first-order chi connectivity index (χ1) is 12.5. The van der Waals surface area contributed by atoms with E-state index in [1.807, 2.05) is 37.3 Å². The van der Waals surface area contributed by atoms with Crippen LogP contribution in [0.25, 0.3) is 0 Å². The molecular weight excluding hydrogens is 329 g/mol. The van der Waals surface area contributed by atoms with Gasteiger partial charge in [0.25, 0.3) is 0 Å². The molecule has 2 aromatic carbocycles. The molecule has 0 amide bonds. The number of rotatable bonds is 7. The predicted octanol–water partition coefficient (Wildman–Crippen LogP) is 3.35. The van der Waals surface area contributed by atoms with Crippen LogP contribution in [-0.2, 0) is 18.6 Å². The highest BCUT2D eigenvalue weighted by Crippen LogP contribution is 2.22. The smallest absolute Gasteiger partial charge is 0.191 e. The average Bonchev–Trinajstić information content (AvgIpc) is 2.64. The van der Waals surface area contributed by atoms with E-state index in [4.69, 9.17) is 0 Å². The van der Waals surface area contributed by atoms with Crippen LogP contribution in [0.3, 0.4) is 0 Å². The van der Waals surface area contributed by atoms with Gasteiger partial charge in [-0.15, -0.1) is 0 Å². The van der Waals surface area contributed by atoms with E-state index >= 15 is 0 Å². The second-order valence-electron chi connectivity index (χ2n) is 6.87. The van der Waals surface area contributed by atoms with Crippen molar-refractivity contribution in [3.8, 4) is 0 Å². The molecule has 0 heterocycles. The minimum absolute atomic E-state index is 0.00225. The molecule has 0 spiro atoms. The van der Waals surface area contributed by atoms with Gasteiger partial charge >= 0.3 is 0 Å². The summed E-state index contributed by atoms with van der Waals surface area (Å²) in [7, 11) is 0. The molecule has 0 saturated heterocycles. The lowest BCUT2D eigenvalue weighted by molar-refractivity contribution is 0.280. The van der Waals surface area contributed by atoms with Crippen molar-refractivity contribution in [1.29, 1.82) is 0 Å². The van der Waals surface area contributed by atoms with Crippen molar-refractivity contribution in [2.24, 2.45) is 4.99 Å². The Morgan fingerprint density at radius 2 is 1.81 bits per heavy atom. The lowest BCUT2D eigenvalue weighted by Crippen LogP contribution is -2.43. The Hall–Kier alpha value is -2.40. The van der Waals surface area contributed by atoms with Gasteiger partial charge in [-0.2, -0.15) is 0 Å². The summed E-state index contributed by atoms with van der Waals surface area (Å²) in [6.07, 6.45) is 0. The van der Waals surface area contributed by atoms with Gasteiger partial charge in [-0.1, -0.05) is 50.2 Å². The molecule has 0 aliphatic heterocycles. The van der Waals surface area contributed by atoms with Gasteiger partial charge in [0, 0.05) is 18.5 Å². The highest BCUT2D eigenvalue weighted by Gasteiger charge is 2.21. The summed E-state index contributed by atoms with van der Waals surface area (Å²) in [5, 5.41) is 16.0. The Kier molecular flexibility index (Phi) is 7.16. The first-order valence-corrected chi connectivity index (χ1v) is 8.92. The zero-order valence-corrected chi connectivity index (χ0v) is 15.7. The summed E-state index contributed by atoms with van der Waals surface area (Å²) in [4.78, 5) is 4.62. The fraction of sp³-hybridized carbons (Fsp3) is 0.381. The molecule has 4 nitrogen and oxygen atoms in total. The van der Waals surface area contributed by atoms with E-state index in [9.17, 15) is 9.50 Å². The lowest BCUT2D eigenvalue weighted by atomic mass is 9.84. The zero-order valence-electron chi connectivity index (χ0n) is 15.7. The van der Waals surface area contributed by atoms with Gasteiger partial charge in [-0.05, 0) is 35.7 Å². The van der Waals surface area contributed by atoms with Gasteiger partial charge in [0.2, 0.25) is 0 Å². The van der Waals surface area contributed by atoms with Gasteiger partial charge in [0.05, 0.1) is 13.2 Å². The number of nitrogens with one attached hydrogen (secondary N) is 2. The normalized spacial score (nSPS) is 12.1. The number of hydrogen-bond acceptors (Lipinski definition) is 2. The fourth-order valence-corrected chi connectivity index (χ4v) is 2.69. The topological polar surface area (TPSA) is 56.7 Å². The van der Waals surface area contributed by atoms with Gasteiger partial charge in [0.15, 0.2) is 5.96 Å². The Labute approximate surface area is 155 Å². The molecule has 0 aliphatic carbocycles. The third-order valence-electron chi connectivity index (χ3n) is 4.34. The van der Waals surface area contributed by atoms with Crippen LogP contribution in [-0.4, -0.2) is 24.2 Å². The lowest BCUT2D eigenvalue weighted by Gasteiger charge is -2.27. The summed E-state index contributed by atoms with van der Waals surface area (Å²) in [5.74, 6) is 0.474. The minimum Gasteiger partial charge on any atom is -0.392 e. The number of nitrogens with zero attached hydrogens (tertiary/aromatic N) is 1. The third-order valence-corrected chi connectivity index (χ3v) is 4.34. The van der Waals surface area contributed by atoms with Gasteiger partial charge < -0.3 is 15.7 Å². The number of aliphatic hydroxyl groups is 1. The van der Waals surface area contributed by atoms with E-state index in [0.29, 0.717) is 19.0 Å². The van der Waals surface area contributed by atoms with Crippen LogP contribution in [0, 0.1) is 5.82 Å².